The number of hydrogen-bond acceptors (Lipinski definition) is 4. The molecule has 1 unspecified atom stereocenters. The summed E-state index contributed by atoms with van der Waals surface area (Å²) in [6.45, 7) is 19.0. The second-order valence-corrected chi connectivity index (χ2v) is 21.0. The molecule has 6 aliphatic rings. The van der Waals surface area contributed by atoms with Gasteiger partial charge in [0.1, 0.15) is 6.10 Å². The van der Waals surface area contributed by atoms with Gasteiger partial charge in [0, 0.05) is 24.7 Å². The lowest BCUT2D eigenvalue weighted by Crippen LogP contribution is -2.67. The van der Waals surface area contributed by atoms with E-state index in [4.69, 9.17) is 9.47 Å². The van der Waals surface area contributed by atoms with Gasteiger partial charge in [-0.3, -0.25) is 9.59 Å². The molecule has 0 bridgehead atoms. The molecule has 0 heterocycles. The van der Waals surface area contributed by atoms with Crippen LogP contribution in [-0.2, 0) is 19.1 Å². The van der Waals surface area contributed by atoms with E-state index < -0.39 is 0 Å². The lowest BCUT2D eigenvalue weighted by atomic mass is 9.32. The fourth-order valence-electron chi connectivity index (χ4n) is 13.1. The molecule has 0 aromatic rings. The molecule has 41 heavy (non-hydrogen) atoms. The molecule has 6 heteroatoms. The van der Waals surface area contributed by atoms with Crippen LogP contribution in [0.3, 0.4) is 0 Å². The number of hydrogen-bond donors (Lipinski definition) is 0. The normalized spacial score (nSPS) is 52.7. The minimum atomic E-state index is -0.133. The van der Waals surface area contributed by atoms with E-state index in [0.717, 1.165) is 12.8 Å². The lowest BCUT2D eigenvalue weighted by Gasteiger charge is -2.73. The van der Waals surface area contributed by atoms with Crippen molar-refractivity contribution in [1.82, 2.24) is 0 Å². The summed E-state index contributed by atoms with van der Waals surface area (Å²) in [5, 5.41) is 0. The van der Waals surface area contributed by atoms with E-state index in [0.29, 0.717) is 36.2 Å². The van der Waals surface area contributed by atoms with Crippen molar-refractivity contribution in [2.75, 3.05) is 6.61 Å². The van der Waals surface area contributed by atoms with E-state index in [1.807, 2.05) is 0 Å². The van der Waals surface area contributed by atoms with Gasteiger partial charge < -0.3 is 9.47 Å². The molecular weight excluding hydrogens is 644 g/mol. The largest absolute Gasteiger partial charge is 0.465 e. The Balaban J connectivity index is 1.36. The number of rotatable bonds is 4. The first-order chi connectivity index (χ1) is 18.9. The van der Waals surface area contributed by atoms with E-state index in [-0.39, 0.29) is 53.8 Å². The van der Waals surface area contributed by atoms with E-state index in [1.165, 1.54) is 57.8 Å². The van der Waals surface area contributed by atoms with Crippen LogP contribution in [0.4, 0.5) is 0 Å². The minimum absolute atomic E-state index is 0.00427. The van der Waals surface area contributed by atoms with Crippen LogP contribution in [0.1, 0.15) is 126 Å². The highest BCUT2D eigenvalue weighted by Gasteiger charge is 2.75. The highest BCUT2D eigenvalue weighted by molar-refractivity contribution is 9.25. The Morgan fingerprint density at radius 3 is 1.98 bits per heavy atom. The Labute approximate surface area is 265 Å². The van der Waals surface area contributed by atoms with Crippen molar-refractivity contribution in [3.8, 4) is 0 Å². The molecule has 6 fully saturated rings. The summed E-state index contributed by atoms with van der Waals surface area (Å²) in [6, 6.07) is 0. The van der Waals surface area contributed by atoms with Crippen molar-refractivity contribution in [1.29, 1.82) is 0 Å². The second kappa shape index (κ2) is 9.46. The molecule has 0 aromatic carbocycles. The molecule has 232 valence electrons. The van der Waals surface area contributed by atoms with Gasteiger partial charge in [0.2, 0.25) is 0 Å². The predicted octanol–water partition coefficient (Wildman–Crippen LogP) is 9.46. The first kappa shape index (κ1) is 30.9. The van der Waals surface area contributed by atoms with Crippen molar-refractivity contribution in [2.45, 2.75) is 135 Å². The van der Waals surface area contributed by atoms with Crippen molar-refractivity contribution in [2.24, 2.45) is 62.1 Å². The third kappa shape index (κ3) is 4.12. The second-order valence-electron chi connectivity index (χ2n) is 17.2. The van der Waals surface area contributed by atoms with Crippen LogP contribution < -0.4 is 0 Å². The smallest absolute Gasteiger partial charge is 0.302 e. The van der Waals surface area contributed by atoms with Crippen LogP contribution in [0.5, 0.6) is 0 Å². The van der Waals surface area contributed by atoms with Crippen molar-refractivity contribution < 1.29 is 19.1 Å². The van der Waals surface area contributed by atoms with Gasteiger partial charge >= 0.3 is 11.9 Å². The lowest BCUT2D eigenvalue weighted by molar-refractivity contribution is -0.253. The molecule has 6 saturated carbocycles. The van der Waals surface area contributed by atoms with Gasteiger partial charge in [0.25, 0.3) is 0 Å². The highest BCUT2D eigenvalue weighted by Crippen LogP contribution is 2.81. The summed E-state index contributed by atoms with van der Waals surface area (Å²) in [5.74, 6) is 2.91. The SMILES string of the molecule is CC(=O)OC[C@]12CC[C@@H](C3(C)CC3(Br)Br)[C@@H]1[C@H]1CC[C@@H]3[C@@]4(C)CC[C@H](OC(C)=O)C(C)(C)[C@@H]4CC[C@@]3(C)[C@]1(C)CC2. The first-order valence-corrected chi connectivity index (χ1v) is 18.2. The molecule has 0 amide bonds. The van der Waals surface area contributed by atoms with Crippen LogP contribution in [0.15, 0.2) is 0 Å². The summed E-state index contributed by atoms with van der Waals surface area (Å²) in [5.41, 5.74) is 1.20. The molecule has 6 rings (SSSR count). The van der Waals surface area contributed by atoms with Crippen LogP contribution in [0, 0.1) is 62.1 Å². The van der Waals surface area contributed by atoms with Crippen LogP contribution in [0.2, 0.25) is 0 Å². The number of esters is 2. The standard InChI is InChI=1S/C35H54Br2O4/c1-21(38)40-20-34-16-11-24(33(8)19-35(33,36)37)28(34)23-9-10-26-30(5)14-13-27(41-22(2)39)29(3,4)25(30)12-15-32(26,7)31(23,6)17-18-34/h23-28H,9-20H2,1-8H3/t23-,24-,25+,26-,27+,28+,30+,31-,32-,33?,34-/m1/s1. The zero-order chi connectivity index (χ0) is 30.0. The molecule has 0 radical (unpaired) electrons. The van der Waals surface area contributed by atoms with Crippen molar-refractivity contribution in [3.63, 3.8) is 0 Å². The van der Waals surface area contributed by atoms with Crippen LogP contribution >= 0.6 is 31.9 Å². The third-order valence-corrected chi connectivity index (χ3v) is 17.9. The Morgan fingerprint density at radius 1 is 0.707 bits per heavy atom. The maximum absolute atomic E-state index is 12.1. The molecule has 4 nitrogen and oxygen atoms in total. The molecule has 0 aliphatic heterocycles. The highest BCUT2D eigenvalue weighted by atomic mass is 79.9. The number of ether oxygens (including phenoxy) is 2. The average Bonchev–Trinajstić information content (AvgIpc) is 3.18. The summed E-state index contributed by atoms with van der Waals surface area (Å²) >= 11 is 8.12. The fourth-order valence-corrected chi connectivity index (χ4v) is 14.9. The Hall–Kier alpha value is -0.100. The van der Waals surface area contributed by atoms with E-state index in [2.05, 4.69) is 73.4 Å². The fraction of sp³-hybridized carbons (Fsp3) is 0.943. The Morgan fingerprint density at radius 2 is 1.37 bits per heavy atom. The van der Waals surface area contributed by atoms with Crippen molar-refractivity contribution >= 4 is 43.8 Å². The number of carbonyl (C=O) groups excluding carboxylic acids is 2. The molecule has 0 N–H and O–H groups in total. The number of carbonyl (C=O) groups is 2. The Kier molecular flexibility index (Phi) is 7.13. The number of alkyl halides is 2. The third-order valence-electron chi connectivity index (χ3n) is 15.5. The molecule has 11 atom stereocenters. The Bertz CT molecular complexity index is 1120. The molecule has 0 spiro atoms. The zero-order valence-electron chi connectivity index (χ0n) is 26.8. The van der Waals surface area contributed by atoms with Crippen LogP contribution in [0.25, 0.3) is 0 Å². The molecule has 0 saturated heterocycles. The van der Waals surface area contributed by atoms with Gasteiger partial charge in [0.15, 0.2) is 0 Å². The van der Waals surface area contributed by atoms with E-state index in [9.17, 15) is 9.59 Å². The van der Waals surface area contributed by atoms with E-state index in [1.54, 1.807) is 13.8 Å². The topological polar surface area (TPSA) is 52.6 Å². The summed E-state index contributed by atoms with van der Waals surface area (Å²) < 4.78 is 11.9. The minimum Gasteiger partial charge on any atom is -0.465 e. The zero-order valence-corrected chi connectivity index (χ0v) is 30.0. The molecule has 0 aromatic heterocycles. The van der Waals surface area contributed by atoms with E-state index >= 15 is 0 Å². The number of halogens is 2. The maximum atomic E-state index is 12.1. The van der Waals surface area contributed by atoms with Crippen LogP contribution in [-0.4, -0.2) is 27.9 Å². The molecule has 6 aliphatic carbocycles. The van der Waals surface area contributed by atoms with Gasteiger partial charge in [0.05, 0.1) is 9.84 Å². The quantitative estimate of drug-likeness (QED) is 0.217. The van der Waals surface area contributed by atoms with Gasteiger partial charge in [-0.15, -0.1) is 0 Å². The monoisotopic (exact) mass is 696 g/mol. The maximum Gasteiger partial charge on any atom is 0.302 e. The van der Waals surface area contributed by atoms with Gasteiger partial charge in [-0.25, -0.2) is 0 Å². The van der Waals surface area contributed by atoms with Gasteiger partial charge in [-0.1, -0.05) is 73.4 Å². The van der Waals surface area contributed by atoms with Gasteiger partial charge in [-0.2, -0.15) is 0 Å². The summed E-state index contributed by atoms with van der Waals surface area (Å²) in [6.07, 6.45) is 13.3. The first-order valence-electron chi connectivity index (χ1n) is 16.6. The average molecular weight is 699 g/mol. The molecular formula is C35H54Br2O4. The predicted molar refractivity (Wildman–Crippen MR) is 170 cm³/mol. The van der Waals surface area contributed by atoms with Gasteiger partial charge in [-0.05, 0) is 122 Å². The van der Waals surface area contributed by atoms with Crippen molar-refractivity contribution in [3.05, 3.63) is 0 Å². The summed E-state index contributed by atoms with van der Waals surface area (Å²) in [4.78, 5) is 24.1. The number of fused-ring (bicyclic) bond motifs is 7. The summed E-state index contributed by atoms with van der Waals surface area (Å²) in [7, 11) is 0.